The smallest absolute Gasteiger partial charge is 0.229 e. The van der Waals surface area contributed by atoms with E-state index >= 15 is 0 Å². The first-order chi connectivity index (χ1) is 11.3. The number of carbonyl (C=O) groups is 1. The second-order valence-electron chi connectivity index (χ2n) is 6.69. The monoisotopic (exact) mass is 346 g/mol. The molecule has 4 heterocycles. The molecule has 2 aromatic heterocycles. The number of thiophene rings is 1. The number of aromatic nitrogens is 2. The Hall–Kier alpha value is -1.47. The van der Waals surface area contributed by atoms with E-state index in [4.69, 9.17) is 0 Å². The second kappa shape index (κ2) is 5.27. The predicted molar refractivity (Wildman–Crippen MR) is 91.0 cm³/mol. The summed E-state index contributed by atoms with van der Waals surface area (Å²) in [5, 5.41) is 3.13. The molecule has 2 aromatic rings. The van der Waals surface area contributed by atoms with E-state index in [9.17, 15) is 4.79 Å². The molecule has 1 aliphatic carbocycles. The predicted octanol–water partition coefficient (Wildman–Crippen LogP) is 2.50. The highest BCUT2D eigenvalue weighted by Crippen LogP contribution is 2.40. The summed E-state index contributed by atoms with van der Waals surface area (Å²) < 4.78 is 4.45. The Morgan fingerprint density at radius 3 is 3.00 bits per heavy atom. The fourth-order valence-electron chi connectivity index (χ4n) is 3.35. The Morgan fingerprint density at radius 1 is 1.30 bits per heavy atom. The average Bonchev–Trinajstić information content (AvgIpc) is 3.08. The van der Waals surface area contributed by atoms with E-state index in [1.54, 1.807) is 0 Å². The normalized spacial score (nSPS) is 21.2. The van der Waals surface area contributed by atoms with Crippen molar-refractivity contribution in [2.45, 2.75) is 31.7 Å². The van der Waals surface area contributed by atoms with Crippen LogP contribution in [-0.4, -0.2) is 39.8 Å². The van der Waals surface area contributed by atoms with Crippen molar-refractivity contribution in [1.29, 1.82) is 0 Å². The van der Waals surface area contributed by atoms with Gasteiger partial charge in [0.15, 0.2) is 0 Å². The second-order valence-corrected chi connectivity index (χ2v) is 8.42. The van der Waals surface area contributed by atoms with E-state index in [-0.39, 0.29) is 5.92 Å². The minimum atomic E-state index is 0.128. The molecule has 23 heavy (non-hydrogen) atoms. The Kier molecular flexibility index (Phi) is 3.19. The number of hydrogen-bond acceptors (Lipinski definition) is 6. The highest BCUT2D eigenvalue weighted by atomic mass is 32.1. The summed E-state index contributed by atoms with van der Waals surface area (Å²) in [6, 6.07) is 2.16. The van der Waals surface area contributed by atoms with Gasteiger partial charge in [-0.1, -0.05) is 0 Å². The molecule has 5 nitrogen and oxygen atoms in total. The summed E-state index contributed by atoms with van der Waals surface area (Å²) in [6.45, 7) is 3.25. The molecule has 0 aromatic carbocycles. The number of nitrogens with zero attached hydrogens (tertiary/aromatic N) is 4. The topological polar surface area (TPSA) is 49.3 Å². The first kappa shape index (κ1) is 13.9. The highest BCUT2D eigenvalue weighted by Gasteiger charge is 2.38. The van der Waals surface area contributed by atoms with Crippen LogP contribution in [-0.2, 0) is 17.8 Å². The summed E-state index contributed by atoms with van der Waals surface area (Å²) in [5.41, 5.74) is 1.34. The van der Waals surface area contributed by atoms with Crippen LogP contribution in [0.4, 0.5) is 5.13 Å². The third-order valence-corrected chi connectivity index (χ3v) is 6.81. The molecule has 2 aliphatic heterocycles. The quantitative estimate of drug-likeness (QED) is 0.857. The van der Waals surface area contributed by atoms with Crippen molar-refractivity contribution in [3.8, 4) is 0 Å². The van der Waals surface area contributed by atoms with Gasteiger partial charge in [-0.2, -0.15) is 4.37 Å². The van der Waals surface area contributed by atoms with Crippen LogP contribution >= 0.6 is 22.9 Å². The summed E-state index contributed by atoms with van der Waals surface area (Å²) in [7, 11) is 0. The maximum atomic E-state index is 12.7. The van der Waals surface area contributed by atoms with Crippen LogP contribution in [0.2, 0.25) is 0 Å². The summed E-state index contributed by atoms with van der Waals surface area (Å²) in [6.07, 6.45) is 3.48. The minimum absolute atomic E-state index is 0.128. The van der Waals surface area contributed by atoms with Crippen molar-refractivity contribution < 1.29 is 4.79 Å². The van der Waals surface area contributed by atoms with Gasteiger partial charge < -0.3 is 9.80 Å². The lowest BCUT2D eigenvalue weighted by atomic mass is 9.97. The van der Waals surface area contributed by atoms with Crippen LogP contribution in [0.1, 0.15) is 35.0 Å². The molecule has 3 aliphatic rings. The number of hydrogen-bond donors (Lipinski definition) is 0. The van der Waals surface area contributed by atoms with Crippen LogP contribution in [0.3, 0.4) is 0 Å². The fraction of sp³-hybridized carbons (Fsp3) is 0.562. The zero-order chi connectivity index (χ0) is 15.4. The van der Waals surface area contributed by atoms with E-state index in [0.29, 0.717) is 11.8 Å². The zero-order valence-corrected chi connectivity index (χ0v) is 14.4. The number of anilines is 1. The van der Waals surface area contributed by atoms with Crippen molar-refractivity contribution in [1.82, 2.24) is 14.3 Å². The van der Waals surface area contributed by atoms with Gasteiger partial charge in [-0.3, -0.25) is 4.79 Å². The van der Waals surface area contributed by atoms with Crippen LogP contribution < -0.4 is 4.90 Å². The minimum Gasteiger partial charge on any atom is -0.345 e. The third kappa shape index (κ3) is 2.46. The number of amides is 1. The molecule has 1 amide bonds. The van der Waals surface area contributed by atoms with Crippen molar-refractivity contribution in [3.05, 3.63) is 27.7 Å². The van der Waals surface area contributed by atoms with Gasteiger partial charge in [0.2, 0.25) is 11.0 Å². The summed E-state index contributed by atoms with van der Waals surface area (Å²) in [4.78, 5) is 23.0. The van der Waals surface area contributed by atoms with Gasteiger partial charge in [0.1, 0.15) is 5.82 Å². The molecule has 0 atom stereocenters. The lowest BCUT2D eigenvalue weighted by Gasteiger charge is -2.41. The van der Waals surface area contributed by atoms with Gasteiger partial charge in [-0.25, -0.2) is 4.98 Å². The Labute approximate surface area is 143 Å². The molecule has 2 fully saturated rings. The van der Waals surface area contributed by atoms with Gasteiger partial charge in [0.05, 0.1) is 5.92 Å². The number of carbonyl (C=O) groups excluding carboxylic acids is 1. The van der Waals surface area contributed by atoms with E-state index in [0.717, 1.165) is 43.6 Å². The average molecular weight is 346 g/mol. The Bertz CT molecular complexity index is 745. The van der Waals surface area contributed by atoms with E-state index in [1.807, 2.05) is 16.2 Å². The number of rotatable bonds is 3. The molecule has 0 bridgehead atoms. The zero-order valence-electron chi connectivity index (χ0n) is 12.8. The molecule has 0 radical (unpaired) electrons. The van der Waals surface area contributed by atoms with Crippen molar-refractivity contribution in [2.75, 3.05) is 24.5 Å². The Morgan fingerprint density at radius 2 is 2.17 bits per heavy atom. The molecule has 1 saturated heterocycles. The van der Waals surface area contributed by atoms with Crippen molar-refractivity contribution in [3.63, 3.8) is 0 Å². The Balaban J connectivity index is 1.20. The van der Waals surface area contributed by atoms with Crippen LogP contribution in [0.5, 0.6) is 0 Å². The summed E-state index contributed by atoms with van der Waals surface area (Å²) in [5.74, 6) is 2.06. The highest BCUT2D eigenvalue weighted by molar-refractivity contribution is 7.10. The summed E-state index contributed by atoms with van der Waals surface area (Å²) >= 11 is 3.30. The molecule has 120 valence electrons. The van der Waals surface area contributed by atoms with Crippen molar-refractivity contribution in [2.24, 2.45) is 5.92 Å². The molecule has 7 heteroatoms. The first-order valence-electron chi connectivity index (χ1n) is 8.20. The maximum Gasteiger partial charge on any atom is 0.229 e. The van der Waals surface area contributed by atoms with Gasteiger partial charge in [0.25, 0.3) is 0 Å². The van der Waals surface area contributed by atoms with Crippen LogP contribution in [0.25, 0.3) is 0 Å². The van der Waals surface area contributed by atoms with E-state index < -0.39 is 0 Å². The van der Waals surface area contributed by atoms with E-state index in [2.05, 4.69) is 25.7 Å². The standard InChI is InChI=1S/C16H18N4OS2/c21-15(19-5-3-13-11(7-19)4-6-22-13)12-8-20(9-12)16-17-14(18-23-16)10-1-2-10/h4,6,10,12H,1-3,5,7-9H2. The molecule has 1 saturated carbocycles. The van der Waals surface area contributed by atoms with Gasteiger partial charge in [0, 0.05) is 48.5 Å². The fourth-order valence-corrected chi connectivity index (χ4v) is 5.00. The molecule has 0 unspecified atom stereocenters. The largest absolute Gasteiger partial charge is 0.345 e. The SMILES string of the molecule is O=C(C1CN(c2nc(C3CC3)ns2)C1)N1CCc2sccc2C1. The van der Waals surface area contributed by atoms with Crippen LogP contribution in [0.15, 0.2) is 11.4 Å². The molecular formula is C16H18N4OS2. The molecule has 0 spiro atoms. The van der Waals surface area contributed by atoms with Gasteiger partial charge in [-0.15, -0.1) is 11.3 Å². The van der Waals surface area contributed by atoms with Gasteiger partial charge >= 0.3 is 0 Å². The third-order valence-electron chi connectivity index (χ3n) is 4.99. The maximum absolute atomic E-state index is 12.7. The van der Waals surface area contributed by atoms with E-state index in [1.165, 1.54) is 34.8 Å². The molecular weight excluding hydrogens is 328 g/mol. The van der Waals surface area contributed by atoms with Gasteiger partial charge in [-0.05, 0) is 36.3 Å². The molecule has 0 N–H and O–H groups in total. The lowest BCUT2D eigenvalue weighted by molar-refractivity contribution is -0.137. The number of fused-ring (bicyclic) bond motifs is 1. The molecule has 5 rings (SSSR count). The van der Waals surface area contributed by atoms with Crippen molar-refractivity contribution >= 4 is 33.9 Å². The first-order valence-corrected chi connectivity index (χ1v) is 9.86. The van der Waals surface area contributed by atoms with Crippen LogP contribution in [0, 0.1) is 5.92 Å². The lowest BCUT2D eigenvalue weighted by Crippen LogP contribution is -2.55.